The number of para-hydroxylation sites is 1. The molecule has 2 fully saturated rings. The van der Waals surface area contributed by atoms with E-state index in [1.54, 1.807) is 11.3 Å². The quantitative estimate of drug-likeness (QED) is 0.729. The van der Waals surface area contributed by atoms with E-state index >= 15 is 0 Å². The molecule has 2 aliphatic rings. The van der Waals surface area contributed by atoms with Crippen LogP contribution in [-0.2, 0) is 0 Å². The average molecular weight is 326 g/mol. The molecule has 0 radical (unpaired) electrons. The smallest absolute Gasteiger partial charge is 0.219 e. The number of piperidine rings is 1. The first-order valence-corrected chi connectivity index (χ1v) is 9.12. The largest absolute Gasteiger partial charge is 0.425 e. The van der Waals surface area contributed by atoms with Crippen molar-refractivity contribution in [2.45, 2.75) is 37.5 Å². The van der Waals surface area contributed by atoms with E-state index in [4.69, 9.17) is 9.40 Å². The van der Waals surface area contributed by atoms with Gasteiger partial charge >= 0.3 is 0 Å². The van der Waals surface area contributed by atoms with Crippen molar-refractivity contribution in [1.82, 2.24) is 15.2 Å². The molecule has 118 valence electrons. The summed E-state index contributed by atoms with van der Waals surface area (Å²) in [5, 5.41) is 9.64. The molecule has 5 nitrogen and oxygen atoms in total. The molecule has 0 unspecified atom stereocenters. The van der Waals surface area contributed by atoms with Gasteiger partial charge in [0, 0.05) is 24.9 Å². The number of hydrogen-bond acceptors (Lipinski definition) is 6. The van der Waals surface area contributed by atoms with Crippen LogP contribution in [0.3, 0.4) is 0 Å². The Labute approximate surface area is 138 Å². The number of aromatic nitrogens is 3. The highest BCUT2D eigenvalue weighted by Crippen LogP contribution is 2.40. The maximum absolute atomic E-state index is 5.88. The van der Waals surface area contributed by atoms with Gasteiger partial charge in [-0.3, -0.25) is 0 Å². The van der Waals surface area contributed by atoms with Crippen molar-refractivity contribution in [3.8, 4) is 0 Å². The van der Waals surface area contributed by atoms with Gasteiger partial charge in [0.2, 0.25) is 11.8 Å². The predicted octanol–water partition coefficient (Wildman–Crippen LogP) is 3.94. The minimum atomic E-state index is 0.403. The second-order valence-electron chi connectivity index (χ2n) is 6.48. The van der Waals surface area contributed by atoms with Crippen molar-refractivity contribution in [3.05, 3.63) is 36.0 Å². The summed E-state index contributed by atoms with van der Waals surface area (Å²) in [4.78, 5) is 7.15. The van der Waals surface area contributed by atoms with Gasteiger partial charge < -0.3 is 9.32 Å². The van der Waals surface area contributed by atoms with Crippen molar-refractivity contribution >= 4 is 26.7 Å². The van der Waals surface area contributed by atoms with Crippen LogP contribution < -0.4 is 4.90 Å². The van der Waals surface area contributed by atoms with Crippen molar-refractivity contribution in [1.29, 1.82) is 0 Å². The summed E-state index contributed by atoms with van der Waals surface area (Å²) in [5.74, 6) is 2.64. The molecule has 2 aromatic heterocycles. The predicted molar refractivity (Wildman–Crippen MR) is 90.1 cm³/mol. The summed E-state index contributed by atoms with van der Waals surface area (Å²) >= 11 is 1.78. The highest BCUT2D eigenvalue weighted by molar-refractivity contribution is 7.22. The number of fused-ring (bicyclic) bond motifs is 1. The van der Waals surface area contributed by atoms with Crippen molar-refractivity contribution < 1.29 is 4.42 Å². The third-order valence-corrected chi connectivity index (χ3v) is 5.88. The van der Waals surface area contributed by atoms with Crippen molar-refractivity contribution in [2.75, 3.05) is 18.0 Å². The van der Waals surface area contributed by atoms with Gasteiger partial charge in [0.15, 0.2) is 5.13 Å². The van der Waals surface area contributed by atoms with Crippen LogP contribution in [0.5, 0.6) is 0 Å². The van der Waals surface area contributed by atoms with Crippen LogP contribution in [0.15, 0.2) is 28.7 Å². The average Bonchev–Trinajstić information content (AvgIpc) is 3.17. The van der Waals surface area contributed by atoms with Gasteiger partial charge in [-0.15, -0.1) is 10.2 Å². The Morgan fingerprint density at radius 2 is 1.65 bits per heavy atom. The first kappa shape index (κ1) is 13.5. The first-order chi connectivity index (χ1) is 11.4. The zero-order valence-electron chi connectivity index (χ0n) is 12.8. The monoisotopic (exact) mass is 326 g/mol. The summed E-state index contributed by atoms with van der Waals surface area (Å²) in [6.45, 7) is 2.01. The van der Waals surface area contributed by atoms with Gasteiger partial charge in [-0.1, -0.05) is 23.5 Å². The summed E-state index contributed by atoms with van der Waals surface area (Å²) in [7, 11) is 0. The Bertz CT molecular complexity index is 797. The number of rotatable bonds is 3. The van der Waals surface area contributed by atoms with E-state index in [2.05, 4.69) is 33.3 Å². The molecule has 0 atom stereocenters. The molecule has 1 aromatic carbocycles. The molecule has 3 heterocycles. The Kier molecular flexibility index (Phi) is 3.11. The van der Waals surface area contributed by atoms with Gasteiger partial charge in [0.05, 0.1) is 10.2 Å². The lowest BCUT2D eigenvalue weighted by Crippen LogP contribution is -2.32. The summed E-state index contributed by atoms with van der Waals surface area (Å²) in [6, 6.07) is 8.34. The van der Waals surface area contributed by atoms with Crippen molar-refractivity contribution in [2.24, 2.45) is 0 Å². The van der Waals surface area contributed by atoms with Gasteiger partial charge in [-0.2, -0.15) is 0 Å². The standard InChI is InChI=1S/C17H18N4OS/c1-2-4-14-13(3-1)18-17(23-14)21-9-7-12(8-10-21)16-20-19-15(22-16)11-5-6-11/h1-4,11-12H,5-10H2. The lowest BCUT2D eigenvalue weighted by atomic mass is 9.97. The maximum atomic E-state index is 5.88. The van der Waals surface area contributed by atoms with E-state index in [-0.39, 0.29) is 0 Å². The third-order valence-electron chi connectivity index (χ3n) is 4.78. The number of anilines is 1. The van der Waals surface area contributed by atoms with Gasteiger partial charge in [0.25, 0.3) is 0 Å². The molecule has 3 aromatic rings. The fraction of sp³-hybridized carbons (Fsp3) is 0.471. The van der Waals surface area contributed by atoms with Crippen LogP contribution in [0.4, 0.5) is 5.13 Å². The zero-order chi connectivity index (χ0) is 15.2. The highest BCUT2D eigenvalue weighted by Gasteiger charge is 2.32. The van der Waals surface area contributed by atoms with Crippen molar-refractivity contribution in [3.63, 3.8) is 0 Å². The van der Waals surface area contributed by atoms with E-state index in [1.165, 1.54) is 17.5 Å². The minimum absolute atomic E-state index is 0.403. The second-order valence-corrected chi connectivity index (χ2v) is 7.49. The molecular weight excluding hydrogens is 308 g/mol. The summed E-state index contributed by atoms with van der Waals surface area (Å²) in [5.41, 5.74) is 1.10. The van der Waals surface area contributed by atoms with Crippen LogP contribution in [0.25, 0.3) is 10.2 Å². The summed E-state index contributed by atoms with van der Waals surface area (Å²) < 4.78 is 7.14. The van der Waals surface area contributed by atoms with E-state index in [9.17, 15) is 0 Å². The Balaban J connectivity index is 1.29. The van der Waals surface area contributed by atoms with E-state index in [0.717, 1.165) is 48.4 Å². The lowest BCUT2D eigenvalue weighted by molar-refractivity contribution is 0.376. The normalized spacial score (nSPS) is 19.6. The second kappa shape index (κ2) is 5.30. The van der Waals surface area contributed by atoms with E-state index in [1.807, 2.05) is 6.07 Å². The SMILES string of the molecule is c1ccc2sc(N3CCC(c4nnc(C5CC5)o4)CC3)nc2c1. The van der Waals surface area contributed by atoms with Crippen LogP contribution in [-0.4, -0.2) is 28.3 Å². The topological polar surface area (TPSA) is 55.1 Å². The molecule has 0 spiro atoms. The maximum Gasteiger partial charge on any atom is 0.219 e. The third kappa shape index (κ3) is 2.51. The lowest BCUT2D eigenvalue weighted by Gasteiger charge is -2.30. The Morgan fingerprint density at radius 3 is 2.35 bits per heavy atom. The molecule has 0 amide bonds. The van der Waals surface area contributed by atoms with Gasteiger partial charge in [-0.05, 0) is 37.8 Å². The molecule has 1 aliphatic heterocycles. The van der Waals surface area contributed by atoms with Gasteiger partial charge in [-0.25, -0.2) is 4.98 Å². The molecule has 1 aliphatic carbocycles. The minimum Gasteiger partial charge on any atom is -0.425 e. The number of nitrogens with zero attached hydrogens (tertiary/aromatic N) is 4. The summed E-state index contributed by atoms with van der Waals surface area (Å²) in [6.07, 6.45) is 4.53. The van der Waals surface area contributed by atoms with Crippen LogP contribution in [0.1, 0.15) is 49.3 Å². The molecule has 23 heavy (non-hydrogen) atoms. The zero-order valence-corrected chi connectivity index (χ0v) is 13.6. The number of benzene rings is 1. The molecule has 6 heteroatoms. The molecule has 0 N–H and O–H groups in total. The first-order valence-electron chi connectivity index (χ1n) is 8.30. The van der Waals surface area contributed by atoms with E-state index < -0.39 is 0 Å². The molecule has 1 saturated heterocycles. The highest BCUT2D eigenvalue weighted by atomic mass is 32.1. The van der Waals surface area contributed by atoms with E-state index in [0.29, 0.717) is 11.8 Å². The number of hydrogen-bond donors (Lipinski definition) is 0. The van der Waals surface area contributed by atoms with Gasteiger partial charge in [0.1, 0.15) is 0 Å². The van der Waals surface area contributed by atoms with Crippen LogP contribution in [0, 0.1) is 0 Å². The molecule has 0 bridgehead atoms. The van der Waals surface area contributed by atoms with Crippen LogP contribution >= 0.6 is 11.3 Å². The fourth-order valence-electron chi connectivity index (χ4n) is 3.22. The number of thiazole rings is 1. The van der Waals surface area contributed by atoms with Crippen LogP contribution in [0.2, 0.25) is 0 Å². The fourth-order valence-corrected chi connectivity index (χ4v) is 4.24. The Morgan fingerprint density at radius 1 is 0.957 bits per heavy atom. The molecule has 1 saturated carbocycles. The molecular formula is C17H18N4OS. The molecule has 5 rings (SSSR count). The Hall–Kier alpha value is -1.95.